The largest absolute Gasteiger partial charge is 0.361 e. The van der Waals surface area contributed by atoms with Crippen molar-refractivity contribution in [1.82, 2.24) is 0 Å². The topological polar surface area (TPSA) is 9.23 Å². The molecule has 1 nitrogen and oxygen atoms in total. The molecule has 0 aliphatic rings. The molecule has 4 heteroatoms. The van der Waals surface area contributed by atoms with Crippen molar-refractivity contribution in [3.63, 3.8) is 0 Å². The van der Waals surface area contributed by atoms with E-state index in [-0.39, 0.29) is 0 Å². The number of thiophene rings is 1. The van der Waals surface area contributed by atoms with E-state index in [0.717, 1.165) is 3.79 Å². The highest BCUT2D eigenvalue weighted by atomic mass is 79.9. The van der Waals surface area contributed by atoms with Crippen LogP contribution in [0.4, 0.5) is 0 Å². The summed E-state index contributed by atoms with van der Waals surface area (Å²) < 4.78 is 6.02. The van der Waals surface area contributed by atoms with Gasteiger partial charge in [0.05, 0.1) is 10.4 Å². The van der Waals surface area contributed by atoms with E-state index in [9.17, 15) is 0 Å². The SMILES string of the molecule is POCc1ccsc1Br. The van der Waals surface area contributed by atoms with Crippen molar-refractivity contribution in [2.45, 2.75) is 6.61 Å². The van der Waals surface area contributed by atoms with Gasteiger partial charge < -0.3 is 4.52 Å². The minimum absolute atomic E-state index is 0.661. The zero-order valence-electron chi connectivity index (χ0n) is 4.63. The van der Waals surface area contributed by atoms with E-state index in [4.69, 9.17) is 4.52 Å². The average Bonchev–Trinajstić information content (AvgIpc) is 2.18. The van der Waals surface area contributed by atoms with Crippen molar-refractivity contribution in [1.29, 1.82) is 0 Å². The van der Waals surface area contributed by atoms with E-state index < -0.39 is 0 Å². The van der Waals surface area contributed by atoms with Gasteiger partial charge in [-0.2, -0.15) is 0 Å². The van der Waals surface area contributed by atoms with Crippen molar-refractivity contribution < 1.29 is 4.52 Å². The normalized spacial score (nSPS) is 10.0. The van der Waals surface area contributed by atoms with Gasteiger partial charge in [0.25, 0.3) is 0 Å². The maximum Gasteiger partial charge on any atom is 0.0772 e. The minimum Gasteiger partial charge on any atom is -0.361 e. The van der Waals surface area contributed by atoms with Gasteiger partial charge >= 0.3 is 0 Å². The molecule has 0 saturated carbocycles. The monoisotopic (exact) mass is 224 g/mol. The van der Waals surface area contributed by atoms with Gasteiger partial charge in [-0.1, -0.05) is 0 Å². The molecule has 0 radical (unpaired) electrons. The van der Waals surface area contributed by atoms with Gasteiger partial charge in [-0.25, -0.2) is 0 Å². The fourth-order valence-corrected chi connectivity index (χ4v) is 1.89. The molecule has 0 N–H and O–H groups in total. The van der Waals surface area contributed by atoms with Crippen LogP contribution in [-0.4, -0.2) is 0 Å². The first-order valence-electron chi connectivity index (χ1n) is 2.38. The Morgan fingerprint density at radius 1 is 1.78 bits per heavy atom. The van der Waals surface area contributed by atoms with Crippen LogP contribution in [0, 0.1) is 0 Å². The Labute approximate surface area is 68.8 Å². The maximum absolute atomic E-state index is 4.86. The van der Waals surface area contributed by atoms with Crippen molar-refractivity contribution >= 4 is 36.7 Å². The van der Waals surface area contributed by atoms with Gasteiger partial charge in [0.1, 0.15) is 0 Å². The van der Waals surface area contributed by atoms with Gasteiger partial charge in [0.15, 0.2) is 0 Å². The fourth-order valence-electron chi connectivity index (χ4n) is 0.512. The molecule has 50 valence electrons. The van der Waals surface area contributed by atoms with Crippen LogP contribution in [0.25, 0.3) is 0 Å². The molecule has 0 aliphatic heterocycles. The van der Waals surface area contributed by atoms with Crippen molar-refractivity contribution in [2.75, 3.05) is 0 Å². The molecule has 0 spiro atoms. The summed E-state index contributed by atoms with van der Waals surface area (Å²) in [6, 6.07) is 2.04. The summed E-state index contributed by atoms with van der Waals surface area (Å²) in [5, 5.41) is 2.03. The Kier molecular flexibility index (Phi) is 3.13. The Hall–Kier alpha value is 0.570. The molecule has 1 aromatic heterocycles. The fraction of sp³-hybridized carbons (Fsp3) is 0.200. The standard InChI is InChI=1S/C5H6BrOPS/c6-5-4(3-7-8)1-2-9-5/h1-2H,3,8H2. The summed E-state index contributed by atoms with van der Waals surface area (Å²) in [4.78, 5) is 0. The van der Waals surface area contributed by atoms with Crippen LogP contribution in [-0.2, 0) is 11.1 Å². The van der Waals surface area contributed by atoms with Crippen LogP contribution in [0.2, 0.25) is 0 Å². The lowest BCUT2D eigenvalue weighted by atomic mass is 10.4. The first-order valence-corrected chi connectivity index (χ1v) is 4.52. The van der Waals surface area contributed by atoms with Gasteiger partial charge in [-0.3, -0.25) is 0 Å². The molecule has 0 fully saturated rings. The summed E-state index contributed by atoms with van der Waals surface area (Å²) in [5.41, 5.74) is 1.20. The van der Waals surface area contributed by atoms with E-state index >= 15 is 0 Å². The second-order valence-corrected chi connectivity index (χ2v) is 4.10. The van der Waals surface area contributed by atoms with Crippen molar-refractivity contribution in [2.24, 2.45) is 0 Å². The quantitative estimate of drug-likeness (QED) is 0.703. The van der Waals surface area contributed by atoms with Crippen LogP contribution in [0.1, 0.15) is 5.56 Å². The summed E-state index contributed by atoms with van der Waals surface area (Å²) in [6.07, 6.45) is 0. The molecular weight excluding hydrogens is 219 g/mol. The first-order chi connectivity index (χ1) is 4.34. The highest BCUT2D eigenvalue weighted by Gasteiger charge is 1.97. The Balaban J connectivity index is 2.69. The molecule has 0 aromatic carbocycles. The van der Waals surface area contributed by atoms with Crippen LogP contribution in [0.15, 0.2) is 15.2 Å². The van der Waals surface area contributed by atoms with E-state index in [1.165, 1.54) is 5.56 Å². The molecule has 1 rings (SSSR count). The highest BCUT2D eigenvalue weighted by molar-refractivity contribution is 9.11. The summed E-state index contributed by atoms with van der Waals surface area (Å²) >= 11 is 5.07. The molecule has 0 amide bonds. The first kappa shape index (κ1) is 7.67. The van der Waals surface area contributed by atoms with Crippen LogP contribution in [0.3, 0.4) is 0 Å². The molecule has 9 heavy (non-hydrogen) atoms. The van der Waals surface area contributed by atoms with Crippen LogP contribution < -0.4 is 0 Å². The second kappa shape index (κ2) is 3.67. The summed E-state index contributed by atoms with van der Waals surface area (Å²) in [6.45, 7) is 0.661. The predicted molar refractivity (Wildman–Crippen MR) is 46.5 cm³/mol. The molecule has 1 aromatic rings. The third-order valence-corrected chi connectivity index (χ3v) is 2.91. The van der Waals surface area contributed by atoms with Gasteiger partial charge in [-0.15, -0.1) is 11.3 Å². The summed E-state index contributed by atoms with van der Waals surface area (Å²) in [7, 11) is 2.23. The Morgan fingerprint density at radius 3 is 3.00 bits per heavy atom. The van der Waals surface area contributed by atoms with Crippen LogP contribution in [0.5, 0.6) is 0 Å². The Morgan fingerprint density at radius 2 is 2.56 bits per heavy atom. The number of halogens is 1. The number of hydrogen-bond donors (Lipinski definition) is 0. The Bertz CT molecular complexity index is 189. The second-order valence-electron chi connectivity index (χ2n) is 1.53. The molecule has 0 bridgehead atoms. The van der Waals surface area contributed by atoms with Crippen molar-refractivity contribution in [3.8, 4) is 0 Å². The maximum atomic E-state index is 4.86. The third kappa shape index (κ3) is 2.01. The van der Waals surface area contributed by atoms with Gasteiger partial charge in [0, 0.05) is 15.0 Å². The third-order valence-electron chi connectivity index (χ3n) is 0.932. The molecule has 0 saturated heterocycles. The van der Waals surface area contributed by atoms with Gasteiger partial charge in [0.2, 0.25) is 0 Å². The van der Waals surface area contributed by atoms with Crippen molar-refractivity contribution in [3.05, 3.63) is 20.8 Å². The highest BCUT2D eigenvalue weighted by Crippen LogP contribution is 2.24. The zero-order chi connectivity index (χ0) is 6.69. The molecule has 1 heterocycles. The van der Waals surface area contributed by atoms with E-state index in [1.54, 1.807) is 11.3 Å². The minimum atomic E-state index is 0.661. The lowest BCUT2D eigenvalue weighted by Gasteiger charge is -1.92. The molecule has 1 atom stereocenters. The average molecular weight is 225 g/mol. The lowest BCUT2D eigenvalue weighted by Crippen LogP contribution is -1.77. The van der Waals surface area contributed by atoms with E-state index in [0.29, 0.717) is 6.61 Å². The smallest absolute Gasteiger partial charge is 0.0772 e. The zero-order valence-corrected chi connectivity index (χ0v) is 8.19. The van der Waals surface area contributed by atoms with E-state index in [2.05, 4.69) is 25.4 Å². The molecular formula is C5H6BrOPS. The molecule has 0 aliphatic carbocycles. The van der Waals surface area contributed by atoms with E-state index in [1.807, 2.05) is 11.4 Å². The van der Waals surface area contributed by atoms with Crippen LogP contribution >= 0.6 is 36.7 Å². The predicted octanol–water partition coefficient (Wildman–Crippen LogP) is 2.82. The molecule has 1 unspecified atom stereocenters. The number of rotatable bonds is 2. The summed E-state index contributed by atoms with van der Waals surface area (Å²) in [5.74, 6) is 0. The number of hydrogen-bond acceptors (Lipinski definition) is 2. The lowest BCUT2D eigenvalue weighted by molar-refractivity contribution is 0.362. The van der Waals surface area contributed by atoms with Gasteiger partial charge in [-0.05, 0) is 27.4 Å².